The van der Waals surface area contributed by atoms with Crippen molar-refractivity contribution in [3.05, 3.63) is 132 Å². The minimum atomic E-state index is 0.0391. The van der Waals surface area contributed by atoms with E-state index in [1.54, 1.807) is 22.5 Å². The molecule has 1 aliphatic rings. The summed E-state index contributed by atoms with van der Waals surface area (Å²) >= 11 is 5.51. The van der Waals surface area contributed by atoms with Crippen LogP contribution in [0.4, 0.5) is 0 Å². The van der Waals surface area contributed by atoms with Crippen LogP contribution in [0.2, 0.25) is 0 Å². The molecule has 78 heavy (non-hydrogen) atoms. The molecule has 0 saturated carbocycles. The first-order chi connectivity index (χ1) is 38.4. The largest absolute Gasteiger partial charge is 0.493 e. The van der Waals surface area contributed by atoms with Gasteiger partial charge in [-0.25, -0.2) is 9.97 Å². The average molecular weight is 1100 g/mol. The molecule has 2 unspecified atom stereocenters. The zero-order valence-electron chi connectivity index (χ0n) is 48.1. The highest BCUT2D eigenvalue weighted by atomic mass is 32.1. The summed E-state index contributed by atoms with van der Waals surface area (Å²) in [5.41, 5.74) is 13.1. The molecule has 8 aromatic rings. The van der Waals surface area contributed by atoms with Gasteiger partial charge in [-0.1, -0.05) is 200 Å². The fraction of sp³-hybridized carbons (Fsp3) is 0.465. The van der Waals surface area contributed by atoms with E-state index in [9.17, 15) is 0 Å². The van der Waals surface area contributed by atoms with E-state index in [0.29, 0.717) is 11.8 Å². The van der Waals surface area contributed by atoms with Crippen LogP contribution in [0.5, 0.6) is 11.5 Å². The maximum Gasteiger partial charge on any atom is 0.119 e. The van der Waals surface area contributed by atoms with Gasteiger partial charge in [-0.3, -0.25) is 0 Å². The first kappa shape index (κ1) is 57.6. The number of unbranched alkanes of at least 4 members (excludes halogenated alkanes) is 12. The van der Waals surface area contributed by atoms with Crippen molar-refractivity contribution in [2.45, 2.75) is 188 Å². The fourth-order valence-electron chi connectivity index (χ4n) is 12.0. The standard InChI is InChI=1S/C71H88N2O2S3/c1-7-13-17-19-21-25-45-71(46-26-22-20-18-14-8-2)60-31-24-23-30-58(60)59-42-37-55(48-61(59)71)62-43-44-64(77-62)70-68-67(69(78-70)63-32-27-47-76-63)72-65(53-33-38-56(39-34-53)74-49-51(11-5)28-15-9-3)66(73-68)54-35-40-57(41-36-54)75-50-52(12-6)29-16-10-4/h23-24,27,30-44,47-48,51-52H,7-22,25-26,28-29,45-46,49-50H2,1-6H3. The molecule has 9 rings (SSSR count). The summed E-state index contributed by atoms with van der Waals surface area (Å²) in [6.45, 7) is 15.2. The van der Waals surface area contributed by atoms with Crippen molar-refractivity contribution in [3.63, 3.8) is 0 Å². The second-order valence-electron chi connectivity index (χ2n) is 22.4. The number of hydrogen-bond donors (Lipinski definition) is 0. The van der Waals surface area contributed by atoms with Gasteiger partial charge in [-0.05, 0) is 144 Å². The molecule has 4 aromatic heterocycles. The molecule has 412 valence electrons. The molecule has 0 aliphatic heterocycles. The first-order valence-electron chi connectivity index (χ1n) is 30.6. The Labute approximate surface area is 481 Å². The molecule has 0 saturated heterocycles. The molecule has 0 amide bonds. The van der Waals surface area contributed by atoms with Crippen molar-refractivity contribution in [2.24, 2.45) is 11.8 Å². The average Bonchev–Trinajstić information content (AvgIpc) is 4.33. The third-order valence-electron chi connectivity index (χ3n) is 16.9. The van der Waals surface area contributed by atoms with Gasteiger partial charge >= 0.3 is 0 Å². The summed E-state index contributed by atoms with van der Waals surface area (Å²) in [6, 6.07) is 43.2. The Kier molecular flexibility index (Phi) is 21.3. The summed E-state index contributed by atoms with van der Waals surface area (Å²) in [7, 11) is 0. The second-order valence-corrected chi connectivity index (χ2v) is 25.5. The Bertz CT molecular complexity index is 3060. The van der Waals surface area contributed by atoms with E-state index < -0.39 is 0 Å². The van der Waals surface area contributed by atoms with E-state index >= 15 is 0 Å². The lowest BCUT2D eigenvalue weighted by Gasteiger charge is -2.33. The molecule has 4 heterocycles. The van der Waals surface area contributed by atoms with Gasteiger partial charge in [0.2, 0.25) is 0 Å². The van der Waals surface area contributed by atoms with E-state index in [0.717, 1.165) is 71.1 Å². The number of fused-ring (bicyclic) bond motifs is 4. The smallest absolute Gasteiger partial charge is 0.119 e. The number of aromatic nitrogens is 2. The summed E-state index contributed by atoms with van der Waals surface area (Å²) in [5, 5.41) is 2.18. The zero-order valence-corrected chi connectivity index (χ0v) is 50.6. The van der Waals surface area contributed by atoms with Crippen LogP contribution in [0.15, 0.2) is 121 Å². The van der Waals surface area contributed by atoms with E-state index in [1.165, 1.54) is 169 Å². The molecule has 1 aliphatic carbocycles. The molecule has 4 aromatic carbocycles. The Morgan fingerprint density at radius 2 is 0.936 bits per heavy atom. The highest BCUT2D eigenvalue weighted by molar-refractivity contribution is 7.28. The lowest BCUT2D eigenvalue weighted by molar-refractivity contribution is 0.233. The van der Waals surface area contributed by atoms with Crippen LogP contribution in [0.1, 0.15) is 194 Å². The highest BCUT2D eigenvalue weighted by Crippen LogP contribution is 2.56. The molecule has 7 heteroatoms. The Balaban J connectivity index is 1.10. The molecular formula is C71H88N2O2S3. The van der Waals surface area contributed by atoms with Gasteiger partial charge in [0, 0.05) is 31.2 Å². The van der Waals surface area contributed by atoms with E-state index in [4.69, 9.17) is 19.4 Å². The lowest BCUT2D eigenvalue weighted by atomic mass is 9.70. The predicted octanol–water partition coefficient (Wildman–Crippen LogP) is 23.1. The van der Waals surface area contributed by atoms with Gasteiger partial charge in [0.15, 0.2) is 0 Å². The van der Waals surface area contributed by atoms with Crippen molar-refractivity contribution >= 4 is 45.0 Å². The topological polar surface area (TPSA) is 44.2 Å². The third kappa shape index (κ3) is 13.7. The van der Waals surface area contributed by atoms with Crippen molar-refractivity contribution in [1.82, 2.24) is 9.97 Å². The number of hydrogen-bond acceptors (Lipinski definition) is 7. The van der Waals surface area contributed by atoms with Crippen molar-refractivity contribution in [2.75, 3.05) is 13.2 Å². The number of rotatable bonds is 33. The number of nitrogens with zero attached hydrogens (tertiary/aromatic N) is 2. The van der Waals surface area contributed by atoms with Crippen LogP contribution in [-0.2, 0) is 5.41 Å². The van der Waals surface area contributed by atoms with E-state index in [-0.39, 0.29) is 5.41 Å². The number of ether oxygens (including phenoxy) is 2. The van der Waals surface area contributed by atoms with Gasteiger partial charge in [-0.2, -0.15) is 0 Å². The van der Waals surface area contributed by atoms with Crippen LogP contribution in [0.3, 0.4) is 0 Å². The maximum atomic E-state index is 6.45. The number of benzene rings is 4. The molecule has 0 spiro atoms. The second kappa shape index (κ2) is 28.9. The SMILES string of the molecule is CCCCCCCCC1(CCCCCCCC)c2ccccc2-c2ccc(-c3ccc(-c4sc(-c5cccs5)c5nc(-c6ccc(OCC(CC)CCCC)cc6)c(-c6ccc(OCC(CC)CCCC)cc6)nc45)s3)cc21. The van der Waals surface area contributed by atoms with Crippen molar-refractivity contribution in [3.8, 4) is 75.1 Å². The van der Waals surface area contributed by atoms with Crippen LogP contribution in [-0.4, -0.2) is 23.2 Å². The van der Waals surface area contributed by atoms with Gasteiger partial charge in [0.25, 0.3) is 0 Å². The minimum Gasteiger partial charge on any atom is -0.493 e. The Morgan fingerprint density at radius 1 is 0.436 bits per heavy atom. The molecule has 0 N–H and O–H groups in total. The maximum absolute atomic E-state index is 6.45. The van der Waals surface area contributed by atoms with Gasteiger partial charge in [0.1, 0.15) is 22.5 Å². The first-order valence-corrected chi connectivity index (χ1v) is 33.1. The highest BCUT2D eigenvalue weighted by Gasteiger charge is 2.42. The normalized spacial score (nSPS) is 13.5. The van der Waals surface area contributed by atoms with Gasteiger partial charge in [-0.15, -0.1) is 34.0 Å². The Hall–Kier alpha value is -5.08. The summed E-state index contributed by atoms with van der Waals surface area (Å²) in [5.74, 6) is 2.92. The third-order valence-corrected chi connectivity index (χ3v) is 20.4. The molecular weight excluding hydrogens is 1010 g/mol. The lowest BCUT2D eigenvalue weighted by Crippen LogP contribution is -2.25. The van der Waals surface area contributed by atoms with Crippen LogP contribution < -0.4 is 9.47 Å². The summed E-state index contributed by atoms with van der Waals surface area (Å²) in [6.07, 6.45) is 27.9. The summed E-state index contributed by atoms with van der Waals surface area (Å²) in [4.78, 5) is 17.6. The number of thiophene rings is 3. The molecule has 4 nitrogen and oxygen atoms in total. The minimum absolute atomic E-state index is 0.0391. The fourth-order valence-corrected chi connectivity index (χ4v) is 15.2. The van der Waals surface area contributed by atoms with Crippen LogP contribution >= 0.6 is 34.0 Å². The van der Waals surface area contributed by atoms with E-state index in [2.05, 4.69) is 162 Å². The predicted molar refractivity (Wildman–Crippen MR) is 340 cm³/mol. The van der Waals surface area contributed by atoms with Gasteiger partial charge < -0.3 is 9.47 Å². The van der Waals surface area contributed by atoms with Crippen molar-refractivity contribution in [1.29, 1.82) is 0 Å². The Morgan fingerprint density at radius 3 is 1.47 bits per heavy atom. The molecule has 0 bridgehead atoms. The monoisotopic (exact) mass is 1100 g/mol. The van der Waals surface area contributed by atoms with E-state index in [1.807, 2.05) is 22.7 Å². The quantitative estimate of drug-likeness (QED) is 0.0385. The molecule has 0 radical (unpaired) electrons. The van der Waals surface area contributed by atoms with Crippen molar-refractivity contribution < 1.29 is 9.47 Å². The summed E-state index contributed by atoms with van der Waals surface area (Å²) < 4.78 is 12.9. The van der Waals surface area contributed by atoms with Crippen LogP contribution in [0.25, 0.3) is 74.6 Å². The van der Waals surface area contributed by atoms with Gasteiger partial charge in [0.05, 0.1) is 34.4 Å². The molecule has 0 fully saturated rings. The van der Waals surface area contributed by atoms with Crippen LogP contribution in [0, 0.1) is 11.8 Å². The zero-order chi connectivity index (χ0) is 54.1. The molecule has 2 atom stereocenters.